The van der Waals surface area contributed by atoms with E-state index in [1.54, 1.807) is 26.4 Å². The first-order valence-corrected chi connectivity index (χ1v) is 6.59. The number of rotatable bonds is 2. The lowest BCUT2D eigenvalue weighted by atomic mass is 9.96. The second kappa shape index (κ2) is 5.57. The molecule has 0 saturated carbocycles. The number of aliphatic hydroxyl groups excluding tert-OH is 1. The topological polar surface area (TPSA) is 56.7 Å². The van der Waals surface area contributed by atoms with Crippen LogP contribution in [0, 0.1) is 5.92 Å². The standard InChI is InChI=1S/C14H21N3O2/c1-10-6-7-17(9-12(10)18)13-5-4-11(8-15-13)14(19)16(2)3/h4-5,8,10,12,18H,6-7,9H2,1-3H3. The predicted octanol–water partition coefficient (Wildman–Crippen LogP) is 0.990. The van der Waals surface area contributed by atoms with Crippen LogP contribution in [-0.2, 0) is 0 Å². The van der Waals surface area contributed by atoms with Gasteiger partial charge >= 0.3 is 0 Å². The molecular formula is C14H21N3O2. The van der Waals surface area contributed by atoms with Gasteiger partial charge in [-0.2, -0.15) is 0 Å². The number of hydrogen-bond donors (Lipinski definition) is 1. The first-order valence-electron chi connectivity index (χ1n) is 6.59. The Hall–Kier alpha value is -1.62. The summed E-state index contributed by atoms with van der Waals surface area (Å²) in [5.41, 5.74) is 0.583. The first-order chi connectivity index (χ1) is 8.99. The van der Waals surface area contributed by atoms with E-state index in [9.17, 15) is 9.90 Å². The maximum absolute atomic E-state index is 11.8. The van der Waals surface area contributed by atoms with Gasteiger partial charge in [-0.25, -0.2) is 4.98 Å². The van der Waals surface area contributed by atoms with Crippen molar-refractivity contribution in [2.75, 3.05) is 32.1 Å². The number of hydrogen-bond acceptors (Lipinski definition) is 4. The summed E-state index contributed by atoms with van der Waals surface area (Å²) >= 11 is 0. The molecule has 0 aromatic carbocycles. The van der Waals surface area contributed by atoms with E-state index < -0.39 is 0 Å². The van der Waals surface area contributed by atoms with Crippen LogP contribution < -0.4 is 4.90 Å². The van der Waals surface area contributed by atoms with Crippen molar-refractivity contribution < 1.29 is 9.90 Å². The number of piperidine rings is 1. The Morgan fingerprint density at radius 2 is 2.21 bits per heavy atom. The smallest absolute Gasteiger partial charge is 0.254 e. The Bertz CT molecular complexity index is 445. The lowest BCUT2D eigenvalue weighted by molar-refractivity contribution is 0.0827. The molecule has 0 spiro atoms. The molecule has 1 aromatic heterocycles. The second-order valence-corrected chi connectivity index (χ2v) is 5.38. The van der Waals surface area contributed by atoms with Gasteiger partial charge in [0.2, 0.25) is 0 Å². The summed E-state index contributed by atoms with van der Waals surface area (Å²) in [6.45, 7) is 3.57. The van der Waals surface area contributed by atoms with Crippen LogP contribution in [0.5, 0.6) is 0 Å². The van der Waals surface area contributed by atoms with Gasteiger partial charge in [0.25, 0.3) is 5.91 Å². The van der Waals surface area contributed by atoms with Crippen LogP contribution in [-0.4, -0.2) is 54.2 Å². The SMILES string of the molecule is CC1CCN(c2ccc(C(=O)N(C)C)cn2)CC1O. The molecule has 2 unspecified atom stereocenters. The molecule has 19 heavy (non-hydrogen) atoms. The van der Waals surface area contributed by atoms with Gasteiger partial charge in [0.15, 0.2) is 0 Å². The largest absolute Gasteiger partial charge is 0.391 e. The zero-order valence-corrected chi connectivity index (χ0v) is 11.7. The second-order valence-electron chi connectivity index (χ2n) is 5.38. The van der Waals surface area contributed by atoms with Gasteiger partial charge in [-0.1, -0.05) is 6.92 Å². The van der Waals surface area contributed by atoms with Crippen molar-refractivity contribution in [3.8, 4) is 0 Å². The highest BCUT2D eigenvalue weighted by Gasteiger charge is 2.25. The number of pyridine rings is 1. The minimum atomic E-state index is -0.307. The van der Waals surface area contributed by atoms with Gasteiger partial charge < -0.3 is 14.9 Å². The van der Waals surface area contributed by atoms with Gasteiger partial charge in [-0.15, -0.1) is 0 Å². The minimum absolute atomic E-state index is 0.0497. The number of β-amino-alcohol motifs (C(OH)–C–C–N with tert-alkyl or cyclic N) is 1. The lowest BCUT2D eigenvalue weighted by Gasteiger charge is -2.35. The van der Waals surface area contributed by atoms with Crippen LogP contribution in [0.3, 0.4) is 0 Å². The summed E-state index contributed by atoms with van der Waals surface area (Å²) in [6.07, 6.45) is 2.25. The molecule has 1 fully saturated rings. The third-order valence-corrected chi connectivity index (χ3v) is 3.64. The van der Waals surface area contributed by atoms with Gasteiger partial charge in [-0.3, -0.25) is 4.79 Å². The van der Waals surface area contributed by atoms with E-state index in [1.807, 2.05) is 6.07 Å². The van der Waals surface area contributed by atoms with Crippen LogP contribution in [0.1, 0.15) is 23.7 Å². The number of amides is 1. The minimum Gasteiger partial charge on any atom is -0.391 e. The number of carbonyl (C=O) groups excluding carboxylic acids is 1. The summed E-state index contributed by atoms with van der Waals surface area (Å²) in [5, 5.41) is 9.89. The normalized spacial score (nSPS) is 23.3. The summed E-state index contributed by atoms with van der Waals surface area (Å²) in [5.74, 6) is 1.11. The zero-order valence-electron chi connectivity index (χ0n) is 11.7. The fraction of sp³-hybridized carbons (Fsp3) is 0.571. The first kappa shape index (κ1) is 13.8. The molecule has 0 bridgehead atoms. The fourth-order valence-electron chi connectivity index (χ4n) is 2.21. The molecule has 5 heteroatoms. The van der Waals surface area contributed by atoms with E-state index in [2.05, 4.69) is 16.8 Å². The highest BCUT2D eigenvalue weighted by Crippen LogP contribution is 2.21. The fourth-order valence-corrected chi connectivity index (χ4v) is 2.21. The van der Waals surface area contributed by atoms with Crippen LogP contribution >= 0.6 is 0 Å². The van der Waals surface area contributed by atoms with E-state index >= 15 is 0 Å². The Labute approximate surface area is 113 Å². The van der Waals surface area contributed by atoms with Crippen molar-refractivity contribution in [1.82, 2.24) is 9.88 Å². The van der Waals surface area contributed by atoms with Crippen molar-refractivity contribution in [2.24, 2.45) is 5.92 Å². The maximum atomic E-state index is 11.8. The number of nitrogens with zero attached hydrogens (tertiary/aromatic N) is 3. The summed E-state index contributed by atoms with van der Waals surface area (Å²) in [6, 6.07) is 3.63. The van der Waals surface area contributed by atoms with Crippen LogP contribution in [0.2, 0.25) is 0 Å². The molecule has 2 rings (SSSR count). The van der Waals surface area contributed by atoms with Crippen molar-refractivity contribution in [2.45, 2.75) is 19.4 Å². The molecule has 5 nitrogen and oxygen atoms in total. The predicted molar refractivity (Wildman–Crippen MR) is 74.3 cm³/mol. The van der Waals surface area contributed by atoms with Crippen molar-refractivity contribution in [3.63, 3.8) is 0 Å². The molecule has 2 atom stereocenters. The Morgan fingerprint density at radius 3 is 2.74 bits per heavy atom. The summed E-state index contributed by atoms with van der Waals surface area (Å²) in [4.78, 5) is 19.7. The van der Waals surface area contributed by atoms with E-state index in [1.165, 1.54) is 4.90 Å². The highest BCUT2D eigenvalue weighted by molar-refractivity contribution is 5.93. The zero-order chi connectivity index (χ0) is 14.0. The molecule has 1 amide bonds. The molecule has 104 valence electrons. The molecule has 0 radical (unpaired) electrons. The van der Waals surface area contributed by atoms with Crippen molar-refractivity contribution in [1.29, 1.82) is 0 Å². The summed E-state index contributed by atoms with van der Waals surface area (Å²) < 4.78 is 0. The van der Waals surface area contributed by atoms with Crippen molar-refractivity contribution in [3.05, 3.63) is 23.9 Å². The Morgan fingerprint density at radius 1 is 1.47 bits per heavy atom. The highest BCUT2D eigenvalue weighted by atomic mass is 16.3. The number of aromatic nitrogens is 1. The van der Waals surface area contributed by atoms with E-state index in [4.69, 9.17) is 0 Å². The number of aliphatic hydroxyl groups is 1. The average molecular weight is 263 g/mol. The average Bonchev–Trinajstić information content (AvgIpc) is 2.41. The number of carbonyl (C=O) groups is 1. The van der Waals surface area contributed by atoms with E-state index in [0.29, 0.717) is 18.0 Å². The van der Waals surface area contributed by atoms with Gasteiger partial charge in [0, 0.05) is 33.4 Å². The molecule has 1 aliphatic heterocycles. The van der Waals surface area contributed by atoms with Crippen molar-refractivity contribution >= 4 is 11.7 Å². The molecule has 0 aliphatic carbocycles. The third kappa shape index (κ3) is 3.04. The molecule has 1 aliphatic rings. The van der Waals surface area contributed by atoms with Gasteiger partial charge in [0.05, 0.1) is 11.7 Å². The maximum Gasteiger partial charge on any atom is 0.254 e. The lowest BCUT2D eigenvalue weighted by Crippen LogP contribution is -2.43. The van der Waals surface area contributed by atoms with E-state index in [0.717, 1.165) is 18.8 Å². The monoisotopic (exact) mass is 263 g/mol. The molecule has 1 N–H and O–H groups in total. The van der Waals surface area contributed by atoms with Crippen LogP contribution in [0.15, 0.2) is 18.3 Å². The molecule has 1 saturated heterocycles. The van der Waals surface area contributed by atoms with E-state index in [-0.39, 0.29) is 12.0 Å². The summed E-state index contributed by atoms with van der Waals surface area (Å²) in [7, 11) is 3.44. The quantitative estimate of drug-likeness (QED) is 0.864. The van der Waals surface area contributed by atoms with Gasteiger partial charge in [0.1, 0.15) is 5.82 Å². The van der Waals surface area contributed by atoms with Crippen LogP contribution in [0.25, 0.3) is 0 Å². The molecule has 1 aromatic rings. The molecular weight excluding hydrogens is 242 g/mol. The molecule has 2 heterocycles. The van der Waals surface area contributed by atoms with Gasteiger partial charge in [-0.05, 0) is 24.5 Å². The Balaban J connectivity index is 2.08. The van der Waals surface area contributed by atoms with Crippen LogP contribution in [0.4, 0.5) is 5.82 Å². The Kier molecular flexibility index (Phi) is 4.04. The number of anilines is 1. The third-order valence-electron chi connectivity index (χ3n) is 3.64.